The molecule has 0 saturated carbocycles. The minimum atomic E-state index is -0.842. The van der Waals surface area contributed by atoms with Crippen LogP contribution in [0.1, 0.15) is 60.0 Å². The highest BCUT2D eigenvalue weighted by molar-refractivity contribution is 7.15. The van der Waals surface area contributed by atoms with Gasteiger partial charge in [0.1, 0.15) is 30.2 Å². The Balaban J connectivity index is 1.18. The van der Waals surface area contributed by atoms with Crippen molar-refractivity contribution in [2.75, 3.05) is 48.3 Å². The minimum absolute atomic E-state index is 0.140. The fraction of sp³-hybridized carbons (Fsp3) is 0.500. The molecule has 242 valence electrons. The average Bonchev–Trinajstić information content (AvgIpc) is 3.64. The number of thiazole rings is 1. The van der Waals surface area contributed by atoms with Crippen LogP contribution in [0.15, 0.2) is 24.3 Å². The van der Waals surface area contributed by atoms with Crippen molar-refractivity contribution in [1.29, 1.82) is 0 Å². The minimum Gasteiger partial charge on any atom is -0.508 e. The Kier molecular flexibility index (Phi) is 7.39. The topological polar surface area (TPSA) is 104 Å². The highest BCUT2D eigenvalue weighted by Gasteiger charge is 2.49. The molecule has 0 unspecified atom stereocenters. The fourth-order valence-corrected chi connectivity index (χ4v) is 9.13. The van der Waals surface area contributed by atoms with Gasteiger partial charge in [0.2, 0.25) is 0 Å². The van der Waals surface area contributed by atoms with Gasteiger partial charge in [-0.3, -0.25) is 4.90 Å². The summed E-state index contributed by atoms with van der Waals surface area (Å²) >= 11 is 1.53. The largest absolute Gasteiger partial charge is 0.508 e. The molecule has 2 aromatic heterocycles. The van der Waals surface area contributed by atoms with Gasteiger partial charge in [0.15, 0.2) is 5.13 Å². The van der Waals surface area contributed by atoms with Gasteiger partial charge in [-0.2, -0.15) is 9.97 Å². The molecule has 0 amide bonds. The van der Waals surface area contributed by atoms with Crippen LogP contribution in [0.3, 0.4) is 0 Å². The van der Waals surface area contributed by atoms with Crippen molar-refractivity contribution in [1.82, 2.24) is 19.9 Å². The van der Waals surface area contributed by atoms with E-state index in [4.69, 9.17) is 20.4 Å². The van der Waals surface area contributed by atoms with E-state index in [0.29, 0.717) is 68.8 Å². The molecule has 3 N–H and O–H groups in total. The predicted octanol–water partition coefficient (Wildman–Crippen LogP) is 5.55. The third-order valence-corrected chi connectivity index (χ3v) is 11.3. The first-order valence-corrected chi connectivity index (χ1v) is 17.2. The monoisotopic (exact) mass is 647 g/mol. The van der Waals surface area contributed by atoms with E-state index in [1.165, 1.54) is 17.4 Å². The summed E-state index contributed by atoms with van der Waals surface area (Å²) in [7, 11) is 0. The van der Waals surface area contributed by atoms with Crippen LogP contribution in [-0.4, -0.2) is 69.5 Å². The molecule has 9 nitrogen and oxygen atoms in total. The number of hydrogen-bond donors (Lipinski definition) is 2. The first-order chi connectivity index (χ1) is 22.3. The summed E-state index contributed by atoms with van der Waals surface area (Å²) in [5.41, 5.74) is 10.2. The maximum absolute atomic E-state index is 15.0. The van der Waals surface area contributed by atoms with E-state index < -0.39 is 6.17 Å². The summed E-state index contributed by atoms with van der Waals surface area (Å²) in [6, 6.07) is 6.93. The van der Waals surface area contributed by atoms with Crippen LogP contribution in [0, 0.1) is 5.82 Å². The van der Waals surface area contributed by atoms with Crippen LogP contribution in [0.4, 0.5) is 25.4 Å². The van der Waals surface area contributed by atoms with E-state index >= 15 is 4.39 Å². The number of anilines is 3. The second-order valence-corrected chi connectivity index (χ2v) is 14.3. The molecule has 4 aromatic rings. The van der Waals surface area contributed by atoms with Crippen LogP contribution in [0.25, 0.3) is 10.8 Å². The number of aromatic nitrogens is 3. The van der Waals surface area contributed by atoms with Crippen LogP contribution in [0.5, 0.6) is 11.8 Å². The van der Waals surface area contributed by atoms with Crippen molar-refractivity contribution in [2.24, 2.45) is 0 Å². The molecule has 0 bridgehead atoms. The number of halogens is 2. The van der Waals surface area contributed by atoms with Gasteiger partial charge in [-0.25, -0.2) is 13.8 Å². The van der Waals surface area contributed by atoms with Gasteiger partial charge in [0, 0.05) is 53.6 Å². The number of nitrogen functional groups attached to an aromatic ring is 1. The van der Waals surface area contributed by atoms with Crippen molar-refractivity contribution in [2.45, 2.75) is 76.7 Å². The number of benzene rings is 2. The summed E-state index contributed by atoms with van der Waals surface area (Å²) in [5.74, 6) is 0.754. The Hall–Kier alpha value is -3.77. The Labute approximate surface area is 271 Å². The summed E-state index contributed by atoms with van der Waals surface area (Å²) in [6.07, 6.45) is 4.57. The van der Waals surface area contributed by atoms with E-state index in [2.05, 4.69) is 19.7 Å². The van der Waals surface area contributed by atoms with Crippen molar-refractivity contribution in [3.05, 3.63) is 57.5 Å². The number of fused-ring (bicyclic) bond motifs is 4. The number of phenolic OH excluding ortho intramolecular Hbond substituents is 1. The predicted molar refractivity (Wildman–Crippen MR) is 176 cm³/mol. The summed E-state index contributed by atoms with van der Waals surface area (Å²) in [4.78, 5) is 22.5. The molecule has 8 rings (SSSR count). The second kappa shape index (κ2) is 11.5. The van der Waals surface area contributed by atoms with Gasteiger partial charge in [-0.1, -0.05) is 13.0 Å². The third-order valence-electron chi connectivity index (χ3n) is 10.4. The van der Waals surface area contributed by atoms with Crippen molar-refractivity contribution in [3.8, 4) is 11.8 Å². The number of alkyl halides is 1. The number of ether oxygens (including phenoxy) is 1. The number of aromatic hydroxyl groups is 1. The first kappa shape index (κ1) is 29.6. The van der Waals surface area contributed by atoms with E-state index in [1.807, 2.05) is 6.92 Å². The van der Waals surface area contributed by atoms with E-state index in [1.54, 1.807) is 18.2 Å². The molecule has 6 heterocycles. The molecule has 2 fully saturated rings. The van der Waals surface area contributed by atoms with Gasteiger partial charge in [0.25, 0.3) is 0 Å². The number of phenols is 1. The van der Waals surface area contributed by atoms with E-state index in [9.17, 15) is 9.50 Å². The molecule has 2 saturated heterocycles. The average molecular weight is 648 g/mol. The Bertz CT molecular complexity index is 1820. The van der Waals surface area contributed by atoms with Gasteiger partial charge in [-0.15, -0.1) is 11.3 Å². The zero-order chi connectivity index (χ0) is 31.6. The van der Waals surface area contributed by atoms with Crippen molar-refractivity contribution >= 4 is 38.7 Å². The van der Waals surface area contributed by atoms with Crippen molar-refractivity contribution in [3.63, 3.8) is 0 Å². The molecule has 0 spiro atoms. The smallest absolute Gasteiger partial charge is 0.318 e. The lowest BCUT2D eigenvalue weighted by Gasteiger charge is -2.35. The summed E-state index contributed by atoms with van der Waals surface area (Å²) in [5, 5.41) is 12.9. The highest BCUT2D eigenvalue weighted by Crippen LogP contribution is 2.42. The molecule has 2 aromatic carbocycles. The van der Waals surface area contributed by atoms with Gasteiger partial charge < -0.3 is 25.4 Å². The molecule has 0 aliphatic carbocycles. The highest BCUT2D eigenvalue weighted by atomic mass is 32.1. The first-order valence-electron chi connectivity index (χ1n) is 16.4. The quantitative estimate of drug-likeness (QED) is 0.279. The zero-order valence-electron chi connectivity index (χ0n) is 26.1. The number of aryl methyl sites for hydroxylation is 2. The van der Waals surface area contributed by atoms with Gasteiger partial charge in [0.05, 0.1) is 30.0 Å². The molecule has 2 atom stereocenters. The van der Waals surface area contributed by atoms with E-state index in [0.717, 1.165) is 82.9 Å². The van der Waals surface area contributed by atoms with Crippen LogP contribution in [-0.2, 0) is 32.4 Å². The lowest BCUT2D eigenvalue weighted by atomic mass is 9.95. The van der Waals surface area contributed by atoms with Crippen LogP contribution >= 0.6 is 11.3 Å². The Morgan fingerprint density at radius 3 is 2.83 bits per heavy atom. The number of rotatable bonds is 6. The SMILES string of the molecule is CCc1c(F)ccc2cc(O)cc(N3CCc4c(nc(OC[C@@]56CCCN5C[C@H](F)C6)nc4N4CCCc5nc(N)sc5C4)C3)c12. The lowest BCUT2D eigenvalue weighted by Crippen LogP contribution is -2.43. The van der Waals surface area contributed by atoms with E-state index in [-0.39, 0.29) is 17.1 Å². The molecular formula is C34H39F2N7O2S. The Morgan fingerprint density at radius 1 is 1.07 bits per heavy atom. The maximum atomic E-state index is 15.0. The summed E-state index contributed by atoms with van der Waals surface area (Å²) < 4.78 is 36.0. The Morgan fingerprint density at radius 2 is 1.96 bits per heavy atom. The third kappa shape index (κ3) is 5.10. The zero-order valence-corrected chi connectivity index (χ0v) is 26.9. The van der Waals surface area contributed by atoms with Gasteiger partial charge >= 0.3 is 6.01 Å². The maximum Gasteiger partial charge on any atom is 0.318 e. The number of nitrogens with zero attached hydrogens (tertiary/aromatic N) is 6. The van der Waals surface area contributed by atoms with Crippen LogP contribution < -0.4 is 20.3 Å². The molecule has 4 aliphatic heterocycles. The second-order valence-electron chi connectivity index (χ2n) is 13.2. The molecule has 0 radical (unpaired) electrons. The molecule has 46 heavy (non-hydrogen) atoms. The normalized spacial score (nSPS) is 23.0. The fourth-order valence-electron chi connectivity index (χ4n) is 8.23. The molecule has 12 heteroatoms. The lowest BCUT2D eigenvalue weighted by molar-refractivity contribution is 0.107. The van der Waals surface area contributed by atoms with Crippen molar-refractivity contribution < 1.29 is 18.6 Å². The molecular weight excluding hydrogens is 608 g/mol. The summed E-state index contributed by atoms with van der Waals surface area (Å²) in [6.45, 7) is 6.23. The van der Waals surface area contributed by atoms with Crippen LogP contribution in [0.2, 0.25) is 0 Å². The van der Waals surface area contributed by atoms with Gasteiger partial charge in [-0.05, 0) is 68.2 Å². The standard InChI is InChI=1S/C34H39F2N7O2S/c1-2-23-25(36)7-6-20-13-22(44)14-28(30(20)23)41-12-8-24-27(17-41)39-33(45-19-34-9-4-11-43(34)16-21(35)15-34)40-31(24)42-10-3-5-26-29(18-42)46-32(37)38-26/h6-7,13-14,21,44H,2-5,8-12,15-19H2,1H3,(H2,37,38)/t21-,34+/m1/s1. The number of nitrogens with two attached hydrogens (primary N) is 1. The number of hydrogen-bond acceptors (Lipinski definition) is 10. The molecule has 4 aliphatic rings.